The van der Waals surface area contributed by atoms with Gasteiger partial charge in [0.15, 0.2) is 9.84 Å². The van der Waals surface area contributed by atoms with Crippen LogP contribution in [-0.4, -0.2) is 25.6 Å². The van der Waals surface area contributed by atoms with Gasteiger partial charge in [-0.05, 0) is 42.0 Å². The second-order valence-electron chi connectivity index (χ2n) is 5.88. The number of pyridine rings is 1. The number of halogens is 2. The molecule has 2 N–H and O–H groups in total. The Hall–Kier alpha value is -2.41. The molecule has 3 aromatic rings. The van der Waals surface area contributed by atoms with Gasteiger partial charge in [0.2, 0.25) is 5.91 Å². The minimum absolute atomic E-state index is 0.0509. The SMILES string of the molecule is CS(=O)(=O)c1cc(C(N)=O)c(Cl)c(-c2ccc(Cl)c(-c3ccccn3)c2)c1. The molecule has 0 bridgehead atoms. The fourth-order valence-corrected chi connectivity index (χ4v) is 3.80. The molecule has 0 unspecified atom stereocenters. The summed E-state index contributed by atoms with van der Waals surface area (Å²) in [4.78, 5) is 16.0. The highest BCUT2D eigenvalue weighted by Gasteiger charge is 2.19. The summed E-state index contributed by atoms with van der Waals surface area (Å²) in [6.07, 6.45) is 2.69. The van der Waals surface area contributed by atoms with Crippen LogP contribution in [0, 0.1) is 0 Å². The van der Waals surface area contributed by atoms with Gasteiger partial charge in [-0.25, -0.2) is 8.42 Å². The molecule has 1 heterocycles. The summed E-state index contributed by atoms with van der Waals surface area (Å²) < 4.78 is 24.0. The Bertz CT molecular complexity index is 1150. The topological polar surface area (TPSA) is 90.1 Å². The largest absolute Gasteiger partial charge is 0.366 e. The van der Waals surface area contributed by atoms with Crippen molar-refractivity contribution in [3.8, 4) is 22.4 Å². The van der Waals surface area contributed by atoms with Crippen molar-refractivity contribution in [2.24, 2.45) is 5.73 Å². The van der Waals surface area contributed by atoms with Gasteiger partial charge < -0.3 is 5.73 Å². The van der Waals surface area contributed by atoms with Crippen LogP contribution in [0.15, 0.2) is 59.6 Å². The lowest BCUT2D eigenvalue weighted by Crippen LogP contribution is -2.13. The van der Waals surface area contributed by atoms with Crippen molar-refractivity contribution in [2.45, 2.75) is 4.90 Å². The second-order valence-corrected chi connectivity index (χ2v) is 8.68. The lowest BCUT2D eigenvalue weighted by molar-refractivity contribution is 0.100. The molecule has 0 fully saturated rings. The van der Waals surface area contributed by atoms with Crippen molar-refractivity contribution < 1.29 is 13.2 Å². The Morgan fingerprint density at radius 2 is 1.78 bits per heavy atom. The summed E-state index contributed by atoms with van der Waals surface area (Å²) in [6.45, 7) is 0. The molecule has 0 aliphatic carbocycles. The molecule has 3 rings (SSSR count). The van der Waals surface area contributed by atoms with Crippen LogP contribution in [0.2, 0.25) is 10.0 Å². The molecule has 138 valence electrons. The third-order valence-electron chi connectivity index (χ3n) is 3.96. The Morgan fingerprint density at radius 3 is 2.37 bits per heavy atom. The maximum atomic E-state index is 12.0. The number of aromatic nitrogens is 1. The first-order valence-corrected chi connectivity index (χ1v) is 10.4. The fraction of sp³-hybridized carbons (Fsp3) is 0.0526. The smallest absolute Gasteiger partial charge is 0.250 e. The normalized spacial score (nSPS) is 11.4. The van der Waals surface area contributed by atoms with E-state index in [1.54, 1.807) is 36.5 Å². The Balaban J connectivity index is 2.28. The van der Waals surface area contributed by atoms with Crippen LogP contribution in [0.1, 0.15) is 10.4 Å². The number of carbonyl (C=O) groups is 1. The van der Waals surface area contributed by atoms with Crippen molar-refractivity contribution in [3.05, 3.63) is 70.3 Å². The summed E-state index contributed by atoms with van der Waals surface area (Å²) in [7, 11) is -3.58. The first kappa shape index (κ1) is 19.4. The molecular weight excluding hydrogens is 407 g/mol. The third kappa shape index (κ3) is 3.98. The molecule has 1 amide bonds. The summed E-state index contributed by atoms with van der Waals surface area (Å²) in [5.74, 6) is -0.814. The van der Waals surface area contributed by atoms with E-state index < -0.39 is 15.7 Å². The number of hydrogen-bond donors (Lipinski definition) is 1. The number of carbonyl (C=O) groups excluding carboxylic acids is 1. The number of amides is 1. The van der Waals surface area contributed by atoms with E-state index in [9.17, 15) is 13.2 Å². The Kier molecular flexibility index (Phi) is 5.24. The van der Waals surface area contributed by atoms with E-state index in [2.05, 4.69) is 4.98 Å². The van der Waals surface area contributed by atoms with Crippen LogP contribution < -0.4 is 5.73 Å². The third-order valence-corrected chi connectivity index (χ3v) is 5.79. The first-order chi connectivity index (χ1) is 12.7. The van der Waals surface area contributed by atoms with Crippen molar-refractivity contribution >= 4 is 38.9 Å². The van der Waals surface area contributed by atoms with E-state index in [4.69, 9.17) is 28.9 Å². The average molecular weight is 421 g/mol. The molecule has 0 radical (unpaired) electrons. The second kappa shape index (κ2) is 7.31. The van der Waals surface area contributed by atoms with Crippen LogP contribution in [0.5, 0.6) is 0 Å². The van der Waals surface area contributed by atoms with Gasteiger partial charge >= 0.3 is 0 Å². The lowest BCUT2D eigenvalue weighted by atomic mass is 9.99. The average Bonchev–Trinajstić information content (AvgIpc) is 2.62. The molecule has 0 aliphatic rings. The van der Waals surface area contributed by atoms with Gasteiger partial charge in [0, 0.05) is 28.6 Å². The van der Waals surface area contributed by atoms with Crippen molar-refractivity contribution in [1.29, 1.82) is 0 Å². The van der Waals surface area contributed by atoms with Gasteiger partial charge in [0.1, 0.15) is 0 Å². The van der Waals surface area contributed by atoms with E-state index in [1.165, 1.54) is 12.1 Å². The number of rotatable bonds is 4. The van der Waals surface area contributed by atoms with E-state index >= 15 is 0 Å². The summed E-state index contributed by atoms with van der Waals surface area (Å²) in [6, 6.07) is 13.1. The maximum Gasteiger partial charge on any atom is 0.250 e. The van der Waals surface area contributed by atoms with Gasteiger partial charge in [-0.2, -0.15) is 0 Å². The quantitative estimate of drug-likeness (QED) is 0.683. The highest BCUT2D eigenvalue weighted by Crippen LogP contribution is 2.37. The number of nitrogens with two attached hydrogens (primary N) is 1. The molecule has 5 nitrogen and oxygen atoms in total. The molecule has 0 atom stereocenters. The molecule has 1 aromatic heterocycles. The molecule has 2 aromatic carbocycles. The van der Waals surface area contributed by atoms with E-state index in [0.717, 1.165) is 6.26 Å². The standard InChI is InChI=1S/C19H14Cl2N2O3S/c1-27(25,26)12-9-13(18(21)15(10-12)19(22)24)11-5-6-16(20)14(8-11)17-4-2-3-7-23-17/h2-10H,1H3,(H2,22,24). The van der Waals surface area contributed by atoms with Gasteiger partial charge in [0.05, 0.1) is 21.2 Å². The molecular formula is C19H14Cl2N2O3S. The first-order valence-electron chi connectivity index (χ1n) is 7.73. The number of primary amides is 1. The van der Waals surface area contributed by atoms with Crippen LogP contribution in [0.4, 0.5) is 0 Å². The summed E-state index contributed by atoms with van der Waals surface area (Å²) in [5, 5.41) is 0.548. The Labute approximate surface area is 166 Å². The highest BCUT2D eigenvalue weighted by molar-refractivity contribution is 7.90. The molecule has 0 spiro atoms. The minimum atomic E-state index is -3.58. The lowest BCUT2D eigenvalue weighted by Gasteiger charge is -2.13. The number of benzene rings is 2. The number of nitrogens with zero attached hydrogens (tertiary/aromatic N) is 1. The molecule has 0 saturated heterocycles. The number of sulfone groups is 1. The van der Waals surface area contributed by atoms with Gasteiger partial charge in [0.25, 0.3) is 0 Å². The maximum absolute atomic E-state index is 12.0. The fourth-order valence-electron chi connectivity index (χ4n) is 2.61. The zero-order valence-corrected chi connectivity index (χ0v) is 16.4. The highest BCUT2D eigenvalue weighted by atomic mass is 35.5. The van der Waals surface area contributed by atoms with Crippen LogP contribution in [-0.2, 0) is 9.84 Å². The van der Waals surface area contributed by atoms with E-state index in [1.807, 2.05) is 6.07 Å². The zero-order valence-electron chi connectivity index (χ0n) is 14.1. The van der Waals surface area contributed by atoms with E-state index in [-0.39, 0.29) is 15.5 Å². The molecule has 0 aliphatic heterocycles. The number of hydrogen-bond acceptors (Lipinski definition) is 4. The van der Waals surface area contributed by atoms with Crippen LogP contribution in [0.3, 0.4) is 0 Å². The molecule has 27 heavy (non-hydrogen) atoms. The monoisotopic (exact) mass is 420 g/mol. The van der Waals surface area contributed by atoms with Gasteiger partial charge in [-0.15, -0.1) is 0 Å². The predicted octanol–water partition coefficient (Wildman–Crippen LogP) is 4.22. The minimum Gasteiger partial charge on any atom is -0.366 e. The van der Waals surface area contributed by atoms with Crippen LogP contribution >= 0.6 is 23.2 Å². The van der Waals surface area contributed by atoms with Crippen molar-refractivity contribution in [1.82, 2.24) is 4.98 Å². The molecule has 8 heteroatoms. The molecule has 0 saturated carbocycles. The van der Waals surface area contributed by atoms with Crippen molar-refractivity contribution in [2.75, 3.05) is 6.26 Å². The Morgan fingerprint density at radius 1 is 1.04 bits per heavy atom. The van der Waals surface area contributed by atoms with Gasteiger partial charge in [-0.3, -0.25) is 9.78 Å². The van der Waals surface area contributed by atoms with Crippen molar-refractivity contribution in [3.63, 3.8) is 0 Å². The zero-order chi connectivity index (χ0) is 19.8. The van der Waals surface area contributed by atoms with E-state index in [0.29, 0.717) is 27.4 Å². The summed E-state index contributed by atoms with van der Waals surface area (Å²) in [5.41, 5.74) is 7.55. The summed E-state index contributed by atoms with van der Waals surface area (Å²) >= 11 is 12.7. The van der Waals surface area contributed by atoms with Crippen LogP contribution in [0.25, 0.3) is 22.4 Å². The van der Waals surface area contributed by atoms with Gasteiger partial charge in [-0.1, -0.05) is 35.3 Å². The predicted molar refractivity (Wildman–Crippen MR) is 107 cm³/mol.